The molecule has 0 aliphatic heterocycles. The number of aromatic nitrogens is 2. The molecule has 3 rings (SSSR count). The summed E-state index contributed by atoms with van der Waals surface area (Å²) < 4.78 is 1.65. The van der Waals surface area contributed by atoms with Crippen LogP contribution in [0.4, 0.5) is 5.69 Å². The fourth-order valence-corrected chi connectivity index (χ4v) is 5.01. The third-order valence-electron chi connectivity index (χ3n) is 4.41. The maximum Gasteiger partial charge on any atom is 0.263 e. The summed E-state index contributed by atoms with van der Waals surface area (Å²) in [4.78, 5) is 31.7. The number of carbonyl (C=O) groups is 1. The van der Waals surface area contributed by atoms with Crippen molar-refractivity contribution >= 4 is 44.9 Å². The van der Waals surface area contributed by atoms with Crippen LogP contribution in [0.1, 0.15) is 28.5 Å². The van der Waals surface area contributed by atoms with Crippen LogP contribution in [-0.2, 0) is 11.3 Å². The lowest BCUT2D eigenvalue weighted by atomic mass is 10.1. The average molecular weight is 402 g/mol. The molecule has 0 atom stereocenters. The fraction of sp³-hybridized carbons (Fsp3) is 0.350. The van der Waals surface area contributed by atoms with E-state index in [1.165, 1.54) is 23.1 Å². The smallest absolute Gasteiger partial charge is 0.263 e. The number of hydrogen-bond donors (Lipinski definition) is 1. The predicted molar refractivity (Wildman–Crippen MR) is 114 cm³/mol. The van der Waals surface area contributed by atoms with Crippen LogP contribution < -0.4 is 10.9 Å². The van der Waals surface area contributed by atoms with Gasteiger partial charge in [-0.05, 0) is 63.4 Å². The predicted octanol–water partition coefficient (Wildman–Crippen LogP) is 4.44. The number of aryl methyl sites for hydroxylation is 4. The van der Waals surface area contributed by atoms with Gasteiger partial charge in [-0.1, -0.05) is 17.8 Å². The number of hydrogen-bond acceptors (Lipinski definition) is 5. The Morgan fingerprint density at radius 2 is 1.85 bits per heavy atom. The van der Waals surface area contributed by atoms with Gasteiger partial charge >= 0.3 is 0 Å². The molecule has 0 fully saturated rings. The zero-order chi connectivity index (χ0) is 19.7. The monoisotopic (exact) mass is 401 g/mol. The zero-order valence-corrected chi connectivity index (χ0v) is 17.8. The molecule has 27 heavy (non-hydrogen) atoms. The van der Waals surface area contributed by atoms with E-state index in [0.717, 1.165) is 32.1 Å². The van der Waals surface area contributed by atoms with E-state index in [1.807, 2.05) is 46.8 Å². The minimum Gasteiger partial charge on any atom is -0.325 e. The summed E-state index contributed by atoms with van der Waals surface area (Å²) in [5.74, 6) is 0.0920. The Hall–Kier alpha value is -2.12. The Labute approximate surface area is 166 Å². The van der Waals surface area contributed by atoms with E-state index in [-0.39, 0.29) is 17.2 Å². The molecule has 0 unspecified atom stereocenters. The van der Waals surface area contributed by atoms with E-state index in [9.17, 15) is 9.59 Å². The fourth-order valence-electron chi connectivity index (χ4n) is 3.07. The first-order valence-corrected chi connectivity index (χ1v) is 10.6. The first-order valence-electron chi connectivity index (χ1n) is 8.81. The number of nitrogens with zero attached hydrogens (tertiary/aromatic N) is 2. The number of carbonyl (C=O) groups excluding carboxylic acids is 1. The van der Waals surface area contributed by atoms with Gasteiger partial charge in [-0.3, -0.25) is 14.2 Å². The standard InChI is InChI=1S/C20H23N3O2S2/c1-6-23-19(25)17-13(4)14(5)27-18(17)22-20(23)26-10-16(24)21-15-8-11(2)7-12(3)9-15/h7-9H,6,10H2,1-5H3,(H,21,24). The highest BCUT2D eigenvalue weighted by Crippen LogP contribution is 2.28. The van der Waals surface area contributed by atoms with Crippen molar-refractivity contribution in [1.82, 2.24) is 9.55 Å². The topological polar surface area (TPSA) is 64.0 Å². The van der Waals surface area contributed by atoms with Crippen LogP contribution in [0, 0.1) is 27.7 Å². The third kappa shape index (κ3) is 4.09. The van der Waals surface area contributed by atoms with Crippen LogP contribution in [0.5, 0.6) is 0 Å². The molecule has 0 spiro atoms. The molecule has 5 nitrogen and oxygen atoms in total. The number of amides is 1. The molecule has 0 radical (unpaired) electrons. The summed E-state index contributed by atoms with van der Waals surface area (Å²) in [7, 11) is 0. The van der Waals surface area contributed by atoms with Gasteiger partial charge < -0.3 is 5.32 Å². The number of benzene rings is 1. The molecule has 1 amide bonds. The van der Waals surface area contributed by atoms with Crippen LogP contribution in [-0.4, -0.2) is 21.2 Å². The molecule has 0 bridgehead atoms. The third-order valence-corrected chi connectivity index (χ3v) is 6.49. The number of thiophene rings is 1. The second-order valence-corrected chi connectivity index (χ2v) is 8.77. The molecule has 1 N–H and O–H groups in total. The number of anilines is 1. The molecule has 0 aliphatic carbocycles. The highest BCUT2D eigenvalue weighted by atomic mass is 32.2. The highest BCUT2D eigenvalue weighted by Gasteiger charge is 2.17. The van der Waals surface area contributed by atoms with Gasteiger partial charge in [0.1, 0.15) is 4.83 Å². The number of fused-ring (bicyclic) bond motifs is 1. The molecule has 7 heteroatoms. The van der Waals surface area contributed by atoms with Gasteiger partial charge in [0.25, 0.3) is 5.56 Å². The van der Waals surface area contributed by atoms with Crippen molar-refractivity contribution in [3.05, 3.63) is 50.1 Å². The Morgan fingerprint density at radius 1 is 1.19 bits per heavy atom. The van der Waals surface area contributed by atoms with E-state index in [0.29, 0.717) is 17.1 Å². The summed E-state index contributed by atoms with van der Waals surface area (Å²) in [5.41, 5.74) is 3.97. The van der Waals surface area contributed by atoms with E-state index < -0.39 is 0 Å². The van der Waals surface area contributed by atoms with Crippen molar-refractivity contribution in [2.75, 3.05) is 11.1 Å². The molecule has 1 aromatic carbocycles. The summed E-state index contributed by atoms with van der Waals surface area (Å²) >= 11 is 2.83. The van der Waals surface area contributed by atoms with E-state index in [2.05, 4.69) is 16.4 Å². The van der Waals surface area contributed by atoms with Crippen molar-refractivity contribution in [3.63, 3.8) is 0 Å². The normalized spacial score (nSPS) is 11.1. The lowest BCUT2D eigenvalue weighted by Gasteiger charge is -2.11. The van der Waals surface area contributed by atoms with Gasteiger partial charge in [-0.2, -0.15) is 0 Å². The van der Waals surface area contributed by atoms with Crippen LogP contribution in [0.3, 0.4) is 0 Å². The molecule has 0 aliphatic rings. The van der Waals surface area contributed by atoms with Crippen LogP contribution in [0.2, 0.25) is 0 Å². The summed E-state index contributed by atoms with van der Waals surface area (Å²) in [5, 5.41) is 4.21. The largest absolute Gasteiger partial charge is 0.325 e. The van der Waals surface area contributed by atoms with Gasteiger partial charge in [-0.25, -0.2) is 4.98 Å². The number of nitrogens with one attached hydrogen (secondary N) is 1. The SMILES string of the molecule is CCn1c(SCC(=O)Nc2cc(C)cc(C)c2)nc2sc(C)c(C)c2c1=O. The first-order chi connectivity index (χ1) is 12.8. The lowest BCUT2D eigenvalue weighted by molar-refractivity contribution is -0.113. The lowest BCUT2D eigenvalue weighted by Crippen LogP contribution is -2.23. The van der Waals surface area contributed by atoms with E-state index in [4.69, 9.17) is 0 Å². The molecular formula is C20H23N3O2S2. The van der Waals surface area contributed by atoms with Gasteiger partial charge in [0.2, 0.25) is 5.91 Å². The van der Waals surface area contributed by atoms with E-state index in [1.54, 1.807) is 4.57 Å². The van der Waals surface area contributed by atoms with E-state index >= 15 is 0 Å². The second-order valence-electron chi connectivity index (χ2n) is 6.62. The minimum atomic E-state index is -0.111. The summed E-state index contributed by atoms with van der Waals surface area (Å²) in [6.07, 6.45) is 0. The Kier molecular flexibility index (Phi) is 5.72. The average Bonchev–Trinajstić information content (AvgIpc) is 2.86. The molecule has 142 valence electrons. The van der Waals surface area contributed by atoms with Gasteiger partial charge in [0.15, 0.2) is 5.16 Å². The van der Waals surface area contributed by atoms with Crippen molar-refractivity contribution in [2.24, 2.45) is 0 Å². The first kappa shape index (κ1) is 19.6. The van der Waals surface area contributed by atoms with Crippen LogP contribution in [0.25, 0.3) is 10.2 Å². The zero-order valence-electron chi connectivity index (χ0n) is 16.2. The van der Waals surface area contributed by atoms with Crippen molar-refractivity contribution in [2.45, 2.75) is 46.3 Å². The Bertz CT molecular complexity index is 1060. The Morgan fingerprint density at radius 3 is 2.48 bits per heavy atom. The molecule has 3 aromatic rings. The molecular weight excluding hydrogens is 378 g/mol. The van der Waals surface area contributed by atoms with Crippen LogP contribution in [0.15, 0.2) is 28.2 Å². The summed E-state index contributed by atoms with van der Waals surface area (Å²) in [6.45, 7) is 10.4. The second kappa shape index (κ2) is 7.86. The minimum absolute atomic E-state index is 0.0263. The maximum absolute atomic E-state index is 12.8. The summed E-state index contributed by atoms with van der Waals surface area (Å²) in [6, 6.07) is 5.95. The molecule has 2 heterocycles. The van der Waals surface area contributed by atoms with Gasteiger partial charge in [0.05, 0.1) is 11.1 Å². The van der Waals surface area contributed by atoms with Crippen molar-refractivity contribution in [1.29, 1.82) is 0 Å². The number of rotatable bonds is 5. The number of thioether (sulfide) groups is 1. The van der Waals surface area contributed by atoms with Gasteiger partial charge in [0, 0.05) is 17.1 Å². The van der Waals surface area contributed by atoms with Crippen molar-refractivity contribution < 1.29 is 4.79 Å². The quantitative estimate of drug-likeness (QED) is 0.507. The Balaban J connectivity index is 1.82. The maximum atomic E-state index is 12.8. The molecule has 0 saturated heterocycles. The van der Waals surface area contributed by atoms with Gasteiger partial charge in [-0.15, -0.1) is 11.3 Å². The van der Waals surface area contributed by atoms with Crippen LogP contribution >= 0.6 is 23.1 Å². The van der Waals surface area contributed by atoms with Crippen molar-refractivity contribution in [3.8, 4) is 0 Å². The molecule has 2 aromatic heterocycles. The molecule has 0 saturated carbocycles. The highest BCUT2D eigenvalue weighted by molar-refractivity contribution is 7.99.